The Morgan fingerprint density at radius 1 is 1.00 bits per heavy atom. The van der Waals surface area contributed by atoms with Gasteiger partial charge < -0.3 is 20.1 Å². The predicted octanol–water partition coefficient (Wildman–Crippen LogP) is 7.00. The first-order valence-electron chi connectivity index (χ1n) is 12.6. The molecule has 3 aromatic rings. The Hall–Kier alpha value is -2.18. The van der Waals surface area contributed by atoms with Gasteiger partial charge in [0.25, 0.3) is 0 Å². The van der Waals surface area contributed by atoms with Gasteiger partial charge in [0.1, 0.15) is 18.0 Å². The van der Waals surface area contributed by atoms with Gasteiger partial charge in [-0.25, -0.2) is 9.37 Å². The number of nitrogens with zero attached hydrogens (tertiary/aromatic N) is 3. The highest BCUT2D eigenvalue weighted by Crippen LogP contribution is 2.40. The van der Waals surface area contributed by atoms with Crippen LogP contribution in [0.15, 0.2) is 36.5 Å². The van der Waals surface area contributed by atoms with Crippen molar-refractivity contribution in [3.63, 3.8) is 0 Å². The molecule has 6 nitrogen and oxygen atoms in total. The Balaban J connectivity index is 1.35. The van der Waals surface area contributed by atoms with E-state index in [4.69, 9.17) is 23.2 Å². The van der Waals surface area contributed by atoms with Crippen LogP contribution >= 0.6 is 30.3 Å². The van der Waals surface area contributed by atoms with Crippen molar-refractivity contribution in [3.8, 4) is 0 Å². The van der Waals surface area contributed by atoms with Crippen LogP contribution in [-0.4, -0.2) is 47.3 Å². The van der Waals surface area contributed by atoms with E-state index in [0.717, 1.165) is 18.5 Å². The maximum Gasteiger partial charge on any atom is 0.229 e. The Kier molecular flexibility index (Phi) is 7.78. The second-order valence-corrected chi connectivity index (χ2v) is 14.2. The molecule has 0 unspecified atom stereocenters. The van der Waals surface area contributed by atoms with Crippen LogP contribution in [0.2, 0.25) is 10.0 Å². The summed E-state index contributed by atoms with van der Waals surface area (Å²) in [4.78, 5) is 11.5. The molecule has 5 rings (SSSR count). The van der Waals surface area contributed by atoms with Crippen molar-refractivity contribution in [2.24, 2.45) is 0 Å². The quantitative estimate of drug-likeness (QED) is 0.249. The molecule has 2 heterocycles. The van der Waals surface area contributed by atoms with Crippen LogP contribution in [0.5, 0.6) is 0 Å². The molecule has 0 radical (unpaired) electrons. The second kappa shape index (κ2) is 10.9. The number of hydrogen-bond acceptors (Lipinski definition) is 6. The number of aromatic nitrogens is 2. The van der Waals surface area contributed by atoms with Gasteiger partial charge in [-0.3, -0.25) is 0 Å². The summed E-state index contributed by atoms with van der Waals surface area (Å²) < 4.78 is 26.9. The third-order valence-corrected chi connectivity index (χ3v) is 9.33. The average Bonchev–Trinajstić information content (AvgIpc) is 3.30. The smallest absolute Gasteiger partial charge is 0.229 e. The summed E-state index contributed by atoms with van der Waals surface area (Å²) in [7, 11) is -2.81. The van der Waals surface area contributed by atoms with Gasteiger partial charge in [0.15, 0.2) is 5.82 Å². The fourth-order valence-electron chi connectivity index (χ4n) is 5.29. The van der Waals surface area contributed by atoms with Crippen molar-refractivity contribution in [2.45, 2.75) is 44.6 Å². The lowest BCUT2D eigenvalue weighted by Gasteiger charge is -2.25. The highest BCUT2D eigenvalue weighted by Gasteiger charge is 2.25. The molecule has 1 atom stereocenters. The highest BCUT2D eigenvalue weighted by atomic mass is 35.5. The number of hydrogen-bond donors (Lipinski definition) is 2. The Labute approximate surface area is 227 Å². The largest absolute Gasteiger partial charge is 0.338 e. The van der Waals surface area contributed by atoms with Gasteiger partial charge in [-0.2, -0.15) is 4.98 Å². The van der Waals surface area contributed by atoms with Crippen molar-refractivity contribution < 1.29 is 8.96 Å². The minimum atomic E-state index is -2.81. The van der Waals surface area contributed by atoms with Crippen molar-refractivity contribution >= 4 is 58.8 Å². The van der Waals surface area contributed by atoms with Gasteiger partial charge in [-0.1, -0.05) is 29.3 Å². The van der Waals surface area contributed by atoms with Crippen molar-refractivity contribution in [1.29, 1.82) is 0 Å². The van der Waals surface area contributed by atoms with Crippen molar-refractivity contribution in [2.75, 3.05) is 37.1 Å². The fourth-order valence-corrected chi connectivity index (χ4v) is 6.72. The van der Waals surface area contributed by atoms with E-state index in [1.807, 2.05) is 0 Å². The van der Waals surface area contributed by atoms with E-state index in [1.54, 1.807) is 13.3 Å². The Morgan fingerprint density at radius 3 is 2.46 bits per heavy atom. The minimum absolute atomic E-state index is 0.0832. The van der Waals surface area contributed by atoms with E-state index < -0.39 is 13.0 Å². The predicted molar refractivity (Wildman–Crippen MR) is 152 cm³/mol. The van der Waals surface area contributed by atoms with Gasteiger partial charge in [-0.05, 0) is 100 Å². The standard InChI is InChI=1S/C27H31Cl2FN5OP/c1-37(2,36)25-15-23(30)21(28)14-24(25)33-26-22(29)16-31-27(34-26)32-19-8-5-17-6-9-20(10-7-18(17)13-19)35-11-3-4-12-35/h5,8,13-16,20H,3-4,6-7,9-12H2,1-2H3,(H2,31,32,33,34)/t20-/m0/s1. The molecular weight excluding hydrogens is 531 g/mol. The van der Waals surface area contributed by atoms with Gasteiger partial charge >= 0.3 is 0 Å². The SMILES string of the molecule is CP(C)(=O)c1cc(F)c(Cl)cc1Nc1nc(Nc2ccc3c(c2)CC[C@@H](N2CCCC2)CC3)ncc1Cl. The molecule has 10 heteroatoms. The maximum atomic E-state index is 14.1. The van der Waals surface area contributed by atoms with E-state index in [2.05, 4.69) is 43.7 Å². The van der Waals surface area contributed by atoms with E-state index in [0.29, 0.717) is 28.8 Å². The first-order chi connectivity index (χ1) is 17.7. The van der Waals surface area contributed by atoms with E-state index >= 15 is 0 Å². The number of anilines is 4. The first kappa shape index (κ1) is 26.4. The summed E-state index contributed by atoms with van der Waals surface area (Å²) in [6.07, 6.45) is 8.69. The Morgan fingerprint density at radius 2 is 1.73 bits per heavy atom. The van der Waals surface area contributed by atoms with E-state index in [1.165, 1.54) is 68.2 Å². The second-order valence-electron chi connectivity index (χ2n) is 10.2. The Bertz CT molecular complexity index is 1360. The summed E-state index contributed by atoms with van der Waals surface area (Å²) in [5, 5.41) is 6.89. The topological polar surface area (TPSA) is 70.2 Å². The first-order valence-corrected chi connectivity index (χ1v) is 16.0. The number of rotatable bonds is 6. The molecule has 196 valence electrons. The lowest BCUT2D eigenvalue weighted by atomic mass is 10.0. The molecule has 2 aliphatic rings. The lowest BCUT2D eigenvalue weighted by Crippen LogP contribution is -2.32. The molecule has 1 aliphatic carbocycles. The monoisotopic (exact) mass is 561 g/mol. The van der Waals surface area contributed by atoms with Crippen LogP contribution in [0.25, 0.3) is 0 Å². The zero-order valence-electron chi connectivity index (χ0n) is 21.0. The maximum absolute atomic E-state index is 14.1. The van der Waals surface area contributed by atoms with Crippen LogP contribution < -0.4 is 15.9 Å². The molecular formula is C27H31Cl2FN5OP. The van der Waals surface area contributed by atoms with Crippen molar-refractivity contribution in [3.05, 3.63) is 63.5 Å². The summed E-state index contributed by atoms with van der Waals surface area (Å²) in [6.45, 7) is 5.61. The normalized spacial score (nSPS) is 18.4. The summed E-state index contributed by atoms with van der Waals surface area (Å²) in [5.74, 6) is 0.0401. The molecule has 2 N–H and O–H groups in total. The summed E-state index contributed by atoms with van der Waals surface area (Å²) >= 11 is 12.4. The molecule has 0 bridgehead atoms. The molecule has 0 saturated carbocycles. The number of aryl methyl sites for hydroxylation is 2. The number of fused-ring (bicyclic) bond motifs is 1. The number of likely N-dealkylation sites (tertiary alicyclic amines) is 1. The zero-order valence-corrected chi connectivity index (χ0v) is 23.4. The van der Waals surface area contributed by atoms with Crippen LogP contribution in [0, 0.1) is 5.82 Å². The van der Waals surface area contributed by atoms with E-state index in [9.17, 15) is 8.96 Å². The number of halogens is 3. The molecule has 0 amide bonds. The van der Waals surface area contributed by atoms with Crippen LogP contribution in [0.4, 0.5) is 27.5 Å². The third kappa shape index (κ3) is 6.12. The summed E-state index contributed by atoms with van der Waals surface area (Å²) in [5.41, 5.74) is 4.08. The molecule has 37 heavy (non-hydrogen) atoms. The number of nitrogens with one attached hydrogen (secondary N) is 2. The van der Waals surface area contributed by atoms with E-state index in [-0.39, 0.29) is 10.0 Å². The average molecular weight is 562 g/mol. The zero-order chi connectivity index (χ0) is 26.2. The lowest BCUT2D eigenvalue weighted by molar-refractivity contribution is 0.222. The van der Waals surface area contributed by atoms with Crippen LogP contribution in [0.1, 0.15) is 36.8 Å². The minimum Gasteiger partial charge on any atom is -0.338 e. The van der Waals surface area contributed by atoms with Gasteiger partial charge in [0, 0.05) is 17.0 Å². The summed E-state index contributed by atoms with van der Waals surface area (Å²) in [6, 6.07) is 9.72. The van der Waals surface area contributed by atoms with Crippen molar-refractivity contribution in [1.82, 2.24) is 14.9 Å². The number of benzene rings is 2. The van der Waals surface area contributed by atoms with Gasteiger partial charge in [-0.15, -0.1) is 0 Å². The molecule has 0 spiro atoms. The highest BCUT2D eigenvalue weighted by molar-refractivity contribution is 7.70. The molecule has 1 aliphatic heterocycles. The van der Waals surface area contributed by atoms with Crippen LogP contribution in [0.3, 0.4) is 0 Å². The van der Waals surface area contributed by atoms with Crippen LogP contribution in [-0.2, 0) is 17.4 Å². The molecule has 1 saturated heterocycles. The van der Waals surface area contributed by atoms with Gasteiger partial charge in [0.2, 0.25) is 5.95 Å². The molecule has 1 fully saturated rings. The van der Waals surface area contributed by atoms with Gasteiger partial charge in [0.05, 0.1) is 16.9 Å². The fraction of sp³-hybridized carbons (Fsp3) is 0.407. The third-order valence-electron chi connectivity index (χ3n) is 7.23. The molecule has 2 aromatic carbocycles. The molecule has 1 aromatic heterocycles.